The van der Waals surface area contributed by atoms with Crippen LogP contribution in [0.25, 0.3) is 0 Å². The van der Waals surface area contributed by atoms with Crippen molar-refractivity contribution in [3.05, 3.63) is 46.1 Å². The number of hydrazone groups is 1. The van der Waals surface area contributed by atoms with Gasteiger partial charge in [0, 0.05) is 39.3 Å². The van der Waals surface area contributed by atoms with E-state index < -0.39 is 41.4 Å². The van der Waals surface area contributed by atoms with Crippen molar-refractivity contribution in [3.63, 3.8) is 0 Å². The molecule has 0 aliphatic carbocycles. The van der Waals surface area contributed by atoms with E-state index in [0.717, 1.165) is 12.1 Å². The molecule has 2 unspecified atom stereocenters. The first kappa shape index (κ1) is 32.7. The fraction of sp³-hybridized carbons (Fsp3) is 0.556. The van der Waals surface area contributed by atoms with Crippen molar-refractivity contribution in [2.24, 2.45) is 11.0 Å². The van der Waals surface area contributed by atoms with E-state index in [0.29, 0.717) is 50.5 Å². The number of hydrogen-bond donors (Lipinski definition) is 3. The van der Waals surface area contributed by atoms with Gasteiger partial charge in [0.15, 0.2) is 5.82 Å². The molecule has 3 aliphatic heterocycles. The highest BCUT2D eigenvalue weighted by molar-refractivity contribution is 6.32. The van der Waals surface area contributed by atoms with Gasteiger partial charge in [0.25, 0.3) is 0 Å². The lowest BCUT2D eigenvalue weighted by atomic mass is 9.97. The molecule has 3 aliphatic rings. The maximum Gasteiger partial charge on any atom is 0.416 e. The van der Waals surface area contributed by atoms with E-state index >= 15 is 0 Å². The van der Waals surface area contributed by atoms with Crippen molar-refractivity contribution < 1.29 is 36.2 Å². The van der Waals surface area contributed by atoms with Crippen LogP contribution in [0.4, 0.5) is 38.1 Å². The predicted octanol–water partition coefficient (Wildman–Crippen LogP) is 4.55. The number of nitrogens with one attached hydrogen (secondary N) is 2. The SMILES string of the molecule is CCC1CC(N(Cc2cc(C(F)(F)F)cc(C(F)(F)F)c2)C2=NNN(C)N2)CN1c1nc(N2CCC(C(=O)O)CC2)ncc1Cl. The molecule has 2 aromatic rings. The summed E-state index contributed by atoms with van der Waals surface area (Å²) in [4.78, 5) is 26.0. The van der Waals surface area contributed by atoms with Crippen LogP contribution >= 0.6 is 11.6 Å². The third-order valence-corrected chi connectivity index (χ3v) is 8.53. The molecule has 4 heterocycles. The summed E-state index contributed by atoms with van der Waals surface area (Å²) < 4.78 is 81.8. The number of anilines is 2. The number of carboxylic acids is 1. The highest BCUT2D eigenvalue weighted by atomic mass is 35.5. The van der Waals surface area contributed by atoms with Crippen molar-refractivity contribution in [2.45, 2.75) is 63.6 Å². The highest BCUT2D eigenvalue weighted by Crippen LogP contribution is 2.38. The monoisotopic (exact) mass is 663 g/mol. The van der Waals surface area contributed by atoms with Crippen molar-refractivity contribution in [3.8, 4) is 0 Å². The van der Waals surface area contributed by atoms with Gasteiger partial charge in [-0.15, -0.1) is 10.2 Å². The molecule has 11 nitrogen and oxygen atoms in total. The molecule has 0 bridgehead atoms. The number of hydrazine groups is 2. The molecule has 246 valence electrons. The summed E-state index contributed by atoms with van der Waals surface area (Å²) in [6.07, 6.45) is -6.48. The van der Waals surface area contributed by atoms with Crippen LogP contribution < -0.4 is 20.8 Å². The van der Waals surface area contributed by atoms with Crippen molar-refractivity contribution in [2.75, 3.05) is 36.5 Å². The lowest BCUT2D eigenvalue weighted by Crippen LogP contribution is -2.49. The predicted molar refractivity (Wildman–Crippen MR) is 153 cm³/mol. The molecule has 2 saturated heterocycles. The summed E-state index contributed by atoms with van der Waals surface area (Å²) >= 11 is 6.58. The maximum absolute atomic E-state index is 13.6. The average molecular weight is 664 g/mol. The molecule has 1 aromatic carbocycles. The zero-order valence-corrected chi connectivity index (χ0v) is 25.1. The van der Waals surface area contributed by atoms with E-state index in [1.54, 1.807) is 11.9 Å². The number of carbonyl (C=O) groups is 1. The van der Waals surface area contributed by atoms with Crippen LogP contribution in [0.1, 0.15) is 49.3 Å². The number of carboxylic acid groups (broad SMARTS) is 1. The maximum atomic E-state index is 13.6. The largest absolute Gasteiger partial charge is 0.481 e. The van der Waals surface area contributed by atoms with E-state index in [9.17, 15) is 36.2 Å². The van der Waals surface area contributed by atoms with Crippen molar-refractivity contribution in [1.82, 2.24) is 30.9 Å². The van der Waals surface area contributed by atoms with Crippen LogP contribution in [0.15, 0.2) is 29.5 Å². The van der Waals surface area contributed by atoms with Gasteiger partial charge in [-0.3, -0.25) is 10.2 Å². The van der Waals surface area contributed by atoms with E-state index in [-0.39, 0.29) is 41.7 Å². The second-order valence-corrected chi connectivity index (χ2v) is 11.7. The van der Waals surface area contributed by atoms with E-state index in [1.165, 1.54) is 11.3 Å². The molecular formula is C27H32ClF6N9O2. The Kier molecular flexibility index (Phi) is 9.13. The Morgan fingerprint density at radius 3 is 2.29 bits per heavy atom. The van der Waals surface area contributed by atoms with Crippen LogP contribution in [0, 0.1) is 5.92 Å². The van der Waals surface area contributed by atoms with E-state index in [4.69, 9.17) is 16.6 Å². The molecule has 5 rings (SSSR count). The minimum atomic E-state index is -4.98. The quantitative estimate of drug-likeness (QED) is 0.365. The van der Waals surface area contributed by atoms with Crippen LogP contribution in [-0.2, 0) is 23.7 Å². The number of benzene rings is 1. The molecule has 2 fully saturated rings. The van der Waals surface area contributed by atoms with Gasteiger partial charge < -0.3 is 19.8 Å². The zero-order valence-electron chi connectivity index (χ0n) is 24.3. The molecule has 0 amide bonds. The summed E-state index contributed by atoms with van der Waals surface area (Å²) in [5, 5.41) is 15.2. The van der Waals surface area contributed by atoms with Crippen molar-refractivity contribution in [1.29, 1.82) is 0 Å². The van der Waals surface area contributed by atoms with Crippen molar-refractivity contribution >= 4 is 35.3 Å². The molecule has 3 N–H and O–H groups in total. The Hall–Kier alpha value is -3.73. The minimum absolute atomic E-state index is 0.109. The number of aliphatic carboxylic acids is 1. The lowest BCUT2D eigenvalue weighted by Gasteiger charge is -2.32. The summed E-state index contributed by atoms with van der Waals surface area (Å²) in [5.41, 5.74) is 2.64. The van der Waals surface area contributed by atoms with Gasteiger partial charge in [0.1, 0.15) is 5.02 Å². The van der Waals surface area contributed by atoms with Gasteiger partial charge >= 0.3 is 18.3 Å². The molecule has 1 aromatic heterocycles. The molecule has 45 heavy (non-hydrogen) atoms. The number of piperidine rings is 1. The van der Waals surface area contributed by atoms with Gasteiger partial charge in [-0.1, -0.05) is 18.5 Å². The first-order valence-corrected chi connectivity index (χ1v) is 14.7. The molecular weight excluding hydrogens is 632 g/mol. The topological polar surface area (TPSA) is 112 Å². The Morgan fingerprint density at radius 1 is 1.11 bits per heavy atom. The third-order valence-electron chi connectivity index (χ3n) is 8.26. The Morgan fingerprint density at radius 2 is 1.76 bits per heavy atom. The normalized spacial score (nSPS) is 21.5. The lowest BCUT2D eigenvalue weighted by molar-refractivity contribution is -0.144. The number of hydrogen-bond acceptors (Lipinski definition) is 10. The van der Waals surface area contributed by atoms with Gasteiger partial charge in [0.2, 0.25) is 11.9 Å². The molecule has 0 spiro atoms. The Bertz CT molecular complexity index is 1400. The summed E-state index contributed by atoms with van der Waals surface area (Å²) in [5.74, 6) is -0.224. The molecule has 0 saturated carbocycles. The second-order valence-electron chi connectivity index (χ2n) is 11.3. The third kappa shape index (κ3) is 7.24. The van der Waals surface area contributed by atoms with Gasteiger partial charge in [-0.25, -0.2) is 10.5 Å². The first-order chi connectivity index (χ1) is 21.1. The Labute approximate surface area is 259 Å². The smallest absolute Gasteiger partial charge is 0.416 e. The second kappa shape index (κ2) is 12.6. The van der Waals surface area contributed by atoms with Gasteiger partial charge in [-0.2, -0.15) is 31.3 Å². The fourth-order valence-corrected chi connectivity index (χ4v) is 6.13. The summed E-state index contributed by atoms with van der Waals surface area (Å²) in [6, 6.07) is 1.01. The van der Waals surface area contributed by atoms with Crippen LogP contribution in [-0.4, -0.2) is 75.8 Å². The zero-order chi connectivity index (χ0) is 32.7. The number of rotatable bonds is 7. The number of guanidine groups is 1. The molecule has 2 atom stereocenters. The fourth-order valence-electron chi connectivity index (χ4n) is 5.93. The number of aromatic nitrogens is 2. The van der Waals surface area contributed by atoms with Crippen LogP contribution in [0.2, 0.25) is 5.02 Å². The first-order valence-electron chi connectivity index (χ1n) is 14.3. The highest BCUT2D eigenvalue weighted by Gasteiger charge is 2.41. The number of nitrogens with zero attached hydrogens (tertiary/aromatic N) is 7. The minimum Gasteiger partial charge on any atom is -0.481 e. The molecule has 0 radical (unpaired) electrons. The summed E-state index contributed by atoms with van der Waals surface area (Å²) in [7, 11) is 1.61. The van der Waals surface area contributed by atoms with Gasteiger partial charge in [-0.05, 0) is 49.4 Å². The van der Waals surface area contributed by atoms with E-state index in [1.807, 2.05) is 16.7 Å². The van der Waals surface area contributed by atoms with E-state index in [2.05, 4.69) is 21.0 Å². The standard InChI is InChI=1S/C27H32ClF6N9O2/c1-3-19-11-20(14-42(19)22-21(28)12-35-24(36-22)41-6-4-16(5-7-41)23(44)45)43(25-37-39-40(2)38-25)13-15-8-17(26(29,30)31)10-18(9-15)27(32,33)34/h8-10,12,16,19-20,39H,3-7,11,13-14H2,1-2H3,(H,37,38)(H,44,45). The number of halogens is 7. The number of alkyl halides is 6. The molecule has 18 heteroatoms. The summed E-state index contributed by atoms with van der Waals surface area (Å²) in [6.45, 7) is 2.85. The van der Waals surface area contributed by atoms with Crippen LogP contribution in [0.5, 0.6) is 0 Å². The Balaban J connectivity index is 1.44. The van der Waals surface area contributed by atoms with Gasteiger partial charge in [0.05, 0.1) is 29.3 Å². The average Bonchev–Trinajstić information content (AvgIpc) is 3.61. The van der Waals surface area contributed by atoms with Crippen LogP contribution in [0.3, 0.4) is 0 Å².